The Kier molecular flexibility index (Phi) is 6.82. The number of aliphatic hydroxyl groups is 1. The summed E-state index contributed by atoms with van der Waals surface area (Å²) < 4.78 is 14.8. The summed E-state index contributed by atoms with van der Waals surface area (Å²) in [6, 6.07) is 21.3. The molecule has 0 saturated carbocycles. The molecule has 1 aliphatic heterocycles. The van der Waals surface area contributed by atoms with Crippen molar-refractivity contribution in [3.05, 3.63) is 115 Å². The van der Waals surface area contributed by atoms with Gasteiger partial charge in [-0.05, 0) is 84.4 Å². The fraction of sp³-hybridized carbons (Fsp3) is 0.250. The molecule has 0 amide bonds. The van der Waals surface area contributed by atoms with E-state index in [0.29, 0.717) is 36.5 Å². The maximum absolute atomic E-state index is 13.9. The second kappa shape index (κ2) is 9.86. The first kappa shape index (κ1) is 24.2. The van der Waals surface area contributed by atoms with Crippen LogP contribution in [-0.4, -0.2) is 28.8 Å². The van der Waals surface area contributed by atoms with Crippen LogP contribution in [0, 0.1) is 11.7 Å². The minimum absolute atomic E-state index is 0.240. The van der Waals surface area contributed by atoms with Crippen molar-refractivity contribution in [1.29, 1.82) is 0 Å². The van der Waals surface area contributed by atoms with Crippen molar-refractivity contribution in [3.63, 3.8) is 0 Å². The molecule has 5 rings (SSSR count). The molecular weight excluding hydrogens is 531 g/mol. The summed E-state index contributed by atoms with van der Waals surface area (Å²) >= 11 is 9.69. The van der Waals surface area contributed by atoms with E-state index in [2.05, 4.69) is 26.2 Å². The van der Waals surface area contributed by atoms with Crippen LogP contribution in [0.4, 0.5) is 4.39 Å². The number of aromatic amines is 1. The fourth-order valence-corrected chi connectivity index (χ4v) is 5.83. The third kappa shape index (κ3) is 4.94. The average molecular weight is 556 g/mol. The van der Waals surface area contributed by atoms with Crippen LogP contribution in [0.15, 0.2) is 82.1 Å². The van der Waals surface area contributed by atoms with Crippen LogP contribution in [-0.2, 0) is 6.42 Å². The third-order valence-corrected chi connectivity index (χ3v) is 7.77. The molecule has 4 aromatic rings. The van der Waals surface area contributed by atoms with Gasteiger partial charge < -0.3 is 15.4 Å². The lowest BCUT2D eigenvalue weighted by molar-refractivity contribution is -0.0542. The van der Waals surface area contributed by atoms with Gasteiger partial charge in [-0.25, -0.2) is 4.39 Å². The molecule has 1 fully saturated rings. The summed E-state index contributed by atoms with van der Waals surface area (Å²) in [7, 11) is 0. The molecule has 180 valence electrons. The Morgan fingerprint density at radius 1 is 1.11 bits per heavy atom. The van der Waals surface area contributed by atoms with Crippen LogP contribution in [0.2, 0.25) is 5.02 Å². The highest BCUT2D eigenvalue weighted by Gasteiger charge is 2.47. The molecule has 1 saturated heterocycles. The van der Waals surface area contributed by atoms with Gasteiger partial charge in [0.05, 0.1) is 5.60 Å². The molecule has 3 atom stereocenters. The standard InChI is InChI=1S/C28H25BrClFN2O2/c29-21-6-9-25-19(14-21)15-24(27(34)33-25)26(18-4-7-22(30)8-5-18)28(35)10-11-32-16-20(28)12-17-2-1-3-23(31)13-17/h1-9,13-15,20,26,32,35H,10-12,16H2,(H,33,34)/t20-,26?,28?/m0/s1. The van der Waals surface area contributed by atoms with Gasteiger partial charge in [0.15, 0.2) is 0 Å². The number of hydrogen-bond donors (Lipinski definition) is 3. The van der Waals surface area contributed by atoms with Gasteiger partial charge in [-0.15, -0.1) is 0 Å². The van der Waals surface area contributed by atoms with Crippen molar-refractivity contribution in [3.8, 4) is 0 Å². The zero-order valence-corrected chi connectivity index (χ0v) is 21.2. The molecular formula is C28H25BrClFN2O2. The molecule has 3 aromatic carbocycles. The Labute approximate surface area is 216 Å². The van der Waals surface area contributed by atoms with Crippen molar-refractivity contribution < 1.29 is 9.50 Å². The zero-order valence-electron chi connectivity index (χ0n) is 18.9. The first-order valence-corrected chi connectivity index (χ1v) is 12.8. The number of H-pyrrole nitrogens is 1. The summed E-state index contributed by atoms with van der Waals surface area (Å²) in [5.74, 6) is -1.16. The number of halogens is 3. The Morgan fingerprint density at radius 2 is 1.91 bits per heavy atom. The highest BCUT2D eigenvalue weighted by Crippen LogP contribution is 2.44. The maximum atomic E-state index is 13.9. The molecule has 2 heterocycles. The number of benzene rings is 3. The Balaban J connectivity index is 1.67. The van der Waals surface area contributed by atoms with Gasteiger partial charge in [-0.2, -0.15) is 0 Å². The molecule has 0 spiro atoms. The van der Waals surface area contributed by atoms with Gasteiger partial charge in [0.2, 0.25) is 0 Å². The van der Waals surface area contributed by atoms with Crippen LogP contribution in [0.25, 0.3) is 10.9 Å². The van der Waals surface area contributed by atoms with E-state index in [1.165, 1.54) is 12.1 Å². The predicted octanol–water partition coefficient (Wildman–Crippen LogP) is 5.80. The minimum atomic E-state index is -1.25. The van der Waals surface area contributed by atoms with Gasteiger partial charge >= 0.3 is 0 Å². The molecule has 4 nitrogen and oxygen atoms in total. The lowest BCUT2D eigenvalue weighted by atomic mass is 9.66. The van der Waals surface area contributed by atoms with Crippen LogP contribution in [0.3, 0.4) is 0 Å². The van der Waals surface area contributed by atoms with Crippen molar-refractivity contribution in [2.24, 2.45) is 5.92 Å². The van der Waals surface area contributed by atoms with Crippen molar-refractivity contribution >= 4 is 38.4 Å². The second-order valence-corrected chi connectivity index (χ2v) is 10.6. The zero-order chi connectivity index (χ0) is 24.6. The molecule has 7 heteroatoms. The Morgan fingerprint density at radius 3 is 2.69 bits per heavy atom. The van der Waals surface area contributed by atoms with Crippen molar-refractivity contribution in [1.82, 2.24) is 10.3 Å². The lowest BCUT2D eigenvalue weighted by Crippen LogP contribution is -2.55. The van der Waals surface area contributed by atoms with E-state index < -0.39 is 11.5 Å². The number of piperidine rings is 1. The topological polar surface area (TPSA) is 65.1 Å². The number of fused-ring (bicyclic) bond motifs is 1. The average Bonchev–Trinajstić information content (AvgIpc) is 2.83. The SMILES string of the molecule is O=c1[nH]c2ccc(Br)cc2cc1C(c1ccc(Cl)cc1)C1(O)CCNC[C@@H]1Cc1cccc(F)c1. The van der Waals surface area contributed by atoms with Gasteiger partial charge in [-0.1, -0.05) is 51.8 Å². The number of aromatic nitrogens is 1. The molecule has 1 aromatic heterocycles. The summed E-state index contributed by atoms with van der Waals surface area (Å²) in [5, 5.41) is 17.2. The first-order chi connectivity index (χ1) is 16.8. The maximum Gasteiger partial charge on any atom is 0.252 e. The largest absolute Gasteiger partial charge is 0.388 e. The van der Waals surface area contributed by atoms with Crippen LogP contribution >= 0.6 is 27.5 Å². The molecule has 0 radical (unpaired) electrons. The highest BCUT2D eigenvalue weighted by atomic mass is 79.9. The normalized spacial score (nSPS) is 21.2. The van der Waals surface area contributed by atoms with Crippen molar-refractivity contribution in [2.45, 2.75) is 24.4 Å². The van der Waals surface area contributed by atoms with E-state index in [4.69, 9.17) is 11.6 Å². The van der Waals surface area contributed by atoms with E-state index in [1.807, 2.05) is 42.5 Å². The van der Waals surface area contributed by atoms with E-state index in [9.17, 15) is 14.3 Å². The first-order valence-electron chi connectivity index (χ1n) is 11.6. The highest BCUT2D eigenvalue weighted by molar-refractivity contribution is 9.10. The molecule has 2 unspecified atom stereocenters. The number of nitrogens with one attached hydrogen (secondary N) is 2. The monoisotopic (exact) mass is 554 g/mol. The number of rotatable bonds is 5. The summed E-state index contributed by atoms with van der Waals surface area (Å²) in [4.78, 5) is 16.4. The number of hydrogen-bond acceptors (Lipinski definition) is 3. The van der Waals surface area contributed by atoms with Gasteiger partial charge in [0, 0.05) is 39.0 Å². The van der Waals surface area contributed by atoms with Gasteiger partial charge in [-0.3, -0.25) is 4.79 Å². The molecule has 35 heavy (non-hydrogen) atoms. The summed E-state index contributed by atoms with van der Waals surface area (Å²) in [6.45, 7) is 1.16. The second-order valence-electron chi connectivity index (χ2n) is 9.25. The molecule has 1 aliphatic rings. The number of pyridine rings is 1. The molecule has 0 aliphatic carbocycles. The van der Waals surface area contributed by atoms with E-state index >= 15 is 0 Å². The van der Waals surface area contributed by atoms with E-state index in [-0.39, 0.29) is 17.3 Å². The predicted molar refractivity (Wildman–Crippen MR) is 142 cm³/mol. The lowest BCUT2D eigenvalue weighted by Gasteiger charge is -2.46. The molecule has 0 bridgehead atoms. The summed E-state index contributed by atoms with van der Waals surface area (Å²) in [5.41, 5.74) is 1.34. The quantitative estimate of drug-likeness (QED) is 0.292. The fourth-order valence-electron chi connectivity index (χ4n) is 5.32. The van der Waals surface area contributed by atoms with Crippen LogP contribution in [0.1, 0.15) is 29.0 Å². The Hall–Kier alpha value is -2.51. The summed E-state index contributed by atoms with van der Waals surface area (Å²) in [6.07, 6.45) is 0.915. The Bertz CT molecular complexity index is 1420. The third-order valence-electron chi connectivity index (χ3n) is 7.02. The molecule has 3 N–H and O–H groups in total. The van der Waals surface area contributed by atoms with E-state index in [0.717, 1.165) is 26.5 Å². The van der Waals surface area contributed by atoms with Crippen LogP contribution in [0.5, 0.6) is 0 Å². The van der Waals surface area contributed by atoms with Gasteiger partial charge in [0.25, 0.3) is 5.56 Å². The minimum Gasteiger partial charge on any atom is -0.388 e. The van der Waals surface area contributed by atoms with E-state index in [1.54, 1.807) is 18.2 Å². The van der Waals surface area contributed by atoms with Crippen molar-refractivity contribution in [2.75, 3.05) is 13.1 Å². The van der Waals surface area contributed by atoms with Gasteiger partial charge in [0.1, 0.15) is 5.82 Å². The van der Waals surface area contributed by atoms with Crippen LogP contribution < -0.4 is 10.9 Å². The smallest absolute Gasteiger partial charge is 0.252 e.